The first-order valence-electron chi connectivity index (χ1n) is 8.00. The van der Waals surface area contributed by atoms with Gasteiger partial charge in [-0.1, -0.05) is 6.07 Å². The van der Waals surface area contributed by atoms with E-state index in [0.29, 0.717) is 6.54 Å². The van der Waals surface area contributed by atoms with E-state index in [1.165, 1.54) is 18.2 Å². The number of carboxylic acids is 1. The lowest BCUT2D eigenvalue weighted by Crippen LogP contribution is -2.37. The Morgan fingerprint density at radius 3 is 2.54 bits per heavy atom. The number of carbonyl (C=O) groups is 1. The van der Waals surface area contributed by atoms with Gasteiger partial charge in [0, 0.05) is 24.2 Å². The van der Waals surface area contributed by atoms with Gasteiger partial charge in [-0.3, -0.25) is 14.6 Å². The van der Waals surface area contributed by atoms with Gasteiger partial charge >= 0.3 is 5.97 Å². The number of hydrogen-bond donors (Lipinski definition) is 1. The van der Waals surface area contributed by atoms with E-state index in [1.54, 1.807) is 0 Å². The standard InChI is InChI=1S/C17H24F2N2O2.ClH/c1-12(17-14(18)6-3-7-15(17)19)21-9-4-5-13(8-10-21)20(2)11-16(22)23;/h3,6-7,12-13H,4-5,8-11H2,1-2H3,(H,22,23);1H. The Bertz CT molecular complexity index is 539. The van der Waals surface area contributed by atoms with Gasteiger partial charge in [0.1, 0.15) is 11.6 Å². The predicted octanol–water partition coefficient (Wildman–Crippen LogP) is 3.32. The van der Waals surface area contributed by atoms with E-state index in [-0.39, 0.29) is 36.6 Å². The van der Waals surface area contributed by atoms with Crippen LogP contribution >= 0.6 is 12.4 Å². The Morgan fingerprint density at radius 2 is 1.96 bits per heavy atom. The SMILES string of the molecule is CC(c1c(F)cccc1F)N1CCCC(N(C)CC(=O)O)CC1.Cl. The predicted molar refractivity (Wildman–Crippen MR) is 91.5 cm³/mol. The molecule has 1 aliphatic rings. The van der Waals surface area contributed by atoms with Gasteiger partial charge < -0.3 is 5.11 Å². The third-order valence-corrected chi connectivity index (χ3v) is 4.71. The molecule has 0 bridgehead atoms. The molecular weight excluding hydrogens is 338 g/mol. The van der Waals surface area contributed by atoms with Crippen LogP contribution in [0.5, 0.6) is 0 Å². The Kier molecular flexibility index (Phi) is 8.06. The number of carboxylic acid groups (broad SMARTS) is 1. The average Bonchev–Trinajstić information content (AvgIpc) is 2.72. The van der Waals surface area contributed by atoms with Crippen molar-refractivity contribution in [2.75, 3.05) is 26.7 Å². The van der Waals surface area contributed by atoms with Gasteiger partial charge in [-0.2, -0.15) is 0 Å². The fourth-order valence-corrected chi connectivity index (χ4v) is 3.36. The molecule has 0 aliphatic carbocycles. The van der Waals surface area contributed by atoms with E-state index in [9.17, 15) is 13.6 Å². The Labute approximate surface area is 147 Å². The summed E-state index contributed by atoms with van der Waals surface area (Å²) in [5.74, 6) is -1.86. The minimum Gasteiger partial charge on any atom is -0.480 e. The van der Waals surface area contributed by atoms with Gasteiger partial charge in [-0.15, -0.1) is 12.4 Å². The molecule has 4 nitrogen and oxygen atoms in total. The van der Waals surface area contributed by atoms with E-state index in [4.69, 9.17) is 5.11 Å². The van der Waals surface area contributed by atoms with Gasteiger partial charge in [-0.25, -0.2) is 8.78 Å². The summed E-state index contributed by atoms with van der Waals surface area (Å²) < 4.78 is 27.9. The first-order valence-corrected chi connectivity index (χ1v) is 8.00. The number of hydrogen-bond acceptors (Lipinski definition) is 3. The molecular formula is C17H25ClF2N2O2. The molecule has 0 amide bonds. The minimum absolute atomic E-state index is 0. The second-order valence-electron chi connectivity index (χ2n) is 6.24. The van der Waals surface area contributed by atoms with E-state index in [1.807, 2.05) is 18.9 Å². The Hall–Kier alpha value is -1.24. The number of likely N-dealkylation sites (N-methyl/N-ethyl adjacent to an activating group) is 1. The second kappa shape index (κ2) is 9.30. The maximum atomic E-state index is 14.0. The zero-order valence-electron chi connectivity index (χ0n) is 14.0. The summed E-state index contributed by atoms with van der Waals surface area (Å²) in [6, 6.07) is 3.81. The zero-order valence-corrected chi connectivity index (χ0v) is 14.9. The van der Waals surface area contributed by atoms with Crippen molar-refractivity contribution >= 4 is 18.4 Å². The van der Waals surface area contributed by atoms with Crippen LogP contribution in [0.2, 0.25) is 0 Å². The average molecular weight is 363 g/mol. The molecule has 1 heterocycles. The Balaban J connectivity index is 0.00000288. The van der Waals surface area contributed by atoms with Gasteiger partial charge in [0.25, 0.3) is 0 Å². The molecule has 0 aromatic heterocycles. The van der Waals surface area contributed by atoms with E-state index in [2.05, 4.69) is 4.90 Å². The molecule has 2 atom stereocenters. The molecule has 0 radical (unpaired) electrons. The molecule has 136 valence electrons. The topological polar surface area (TPSA) is 43.8 Å². The van der Waals surface area contributed by atoms with Crippen LogP contribution in [0.3, 0.4) is 0 Å². The van der Waals surface area contributed by atoms with Crippen molar-refractivity contribution in [3.8, 4) is 0 Å². The lowest BCUT2D eigenvalue weighted by atomic mass is 10.1. The van der Waals surface area contributed by atoms with Crippen LogP contribution < -0.4 is 0 Å². The van der Waals surface area contributed by atoms with Crippen LogP contribution in [0.4, 0.5) is 8.78 Å². The molecule has 2 unspecified atom stereocenters. The molecule has 1 N–H and O–H groups in total. The molecule has 7 heteroatoms. The number of nitrogens with zero attached hydrogens (tertiary/aromatic N) is 2. The van der Waals surface area contributed by atoms with Crippen LogP contribution in [-0.4, -0.2) is 53.6 Å². The van der Waals surface area contributed by atoms with Gasteiger partial charge in [-0.05, 0) is 51.9 Å². The van der Waals surface area contributed by atoms with Crippen molar-refractivity contribution in [1.82, 2.24) is 9.80 Å². The summed E-state index contributed by atoms with van der Waals surface area (Å²) in [5, 5.41) is 8.90. The molecule has 1 saturated heterocycles. The number of benzene rings is 1. The lowest BCUT2D eigenvalue weighted by molar-refractivity contribution is -0.138. The molecule has 0 saturated carbocycles. The van der Waals surface area contributed by atoms with Crippen LogP contribution in [0.15, 0.2) is 18.2 Å². The van der Waals surface area contributed by atoms with E-state index < -0.39 is 17.6 Å². The monoisotopic (exact) mass is 362 g/mol. The molecule has 1 aromatic rings. The highest BCUT2D eigenvalue weighted by atomic mass is 35.5. The van der Waals surface area contributed by atoms with Crippen molar-refractivity contribution in [3.05, 3.63) is 35.4 Å². The van der Waals surface area contributed by atoms with E-state index in [0.717, 1.165) is 25.8 Å². The van der Waals surface area contributed by atoms with Crippen LogP contribution in [0.25, 0.3) is 0 Å². The third kappa shape index (κ3) is 5.13. The summed E-state index contributed by atoms with van der Waals surface area (Å²) in [6.07, 6.45) is 2.58. The summed E-state index contributed by atoms with van der Waals surface area (Å²) in [7, 11) is 1.81. The highest BCUT2D eigenvalue weighted by molar-refractivity contribution is 5.85. The van der Waals surface area contributed by atoms with Crippen LogP contribution in [0.1, 0.15) is 37.8 Å². The molecule has 2 rings (SSSR count). The summed E-state index contributed by atoms with van der Waals surface area (Å²) in [6.45, 7) is 3.29. The fourth-order valence-electron chi connectivity index (χ4n) is 3.36. The lowest BCUT2D eigenvalue weighted by Gasteiger charge is -2.29. The largest absolute Gasteiger partial charge is 0.480 e. The third-order valence-electron chi connectivity index (χ3n) is 4.71. The normalized spacial score (nSPS) is 20.3. The van der Waals surface area contributed by atoms with Gasteiger partial charge in [0.2, 0.25) is 0 Å². The number of halogens is 3. The molecule has 1 aromatic carbocycles. The summed E-state index contributed by atoms with van der Waals surface area (Å²) >= 11 is 0. The second-order valence-corrected chi connectivity index (χ2v) is 6.24. The van der Waals surface area contributed by atoms with Crippen LogP contribution in [-0.2, 0) is 4.79 Å². The maximum Gasteiger partial charge on any atom is 0.317 e. The van der Waals surface area contributed by atoms with Crippen molar-refractivity contribution in [2.45, 2.75) is 38.3 Å². The number of likely N-dealkylation sites (tertiary alicyclic amines) is 1. The Morgan fingerprint density at radius 1 is 1.33 bits per heavy atom. The smallest absolute Gasteiger partial charge is 0.317 e. The van der Waals surface area contributed by atoms with Gasteiger partial charge in [0.15, 0.2) is 0 Å². The van der Waals surface area contributed by atoms with Crippen molar-refractivity contribution in [2.24, 2.45) is 0 Å². The summed E-state index contributed by atoms with van der Waals surface area (Å²) in [4.78, 5) is 14.8. The quantitative estimate of drug-likeness (QED) is 0.872. The summed E-state index contributed by atoms with van der Waals surface area (Å²) in [5.41, 5.74) is 0.116. The van der Waals surface area contributed by atoms with Crippen molar-refractivity contribution in [3.63, 3.8) is 0 Å². The molecule has 24 heavy (non-hydrogen) atoms. The fraction of sp³-hybridized carbons (Fsp3) is 0.588. The highest BCUT2D eigenvalue weighted by Gasteiger charge is 2.27. The van der Waals surface area contributed by atoms with E-state index >= 15 is 0 Å². The number of aliphatic carboxylic acids is 1. The maximum absolute atomic E-state index is 14.0. The molecule has 1 fully saturated rings. The first-order chi connectivity index (χ1) is 10.9. The minimum atomic E-state index is -0.838. The van der Waals surface area contributed by atoms with Crippen molar-refractivity contribution in [1.29, 1.82) is 0 Å². The van der Waals surface area contributed by atoms with Gasteiger partial charge in [0.05, 0.1) is 6.54 Å². The number of rotatable bonds is 5. The molecule has 0 spiro atoms. The van der Waals surface area contributed by atoms with Crippen LogP contribution in [0, 0.1) is 11.6 Å². The zero-order chi connectivity index (χ0) is 17.0. The first kappa shape index (κ1) is 20.8. The van der Waals surface area contributed by atoms with Crippen molar-refractivity contribution < 1.29 is 18.7 Å². The highest BCUT2D eigenvalue weighted by Crippen LogP contribution is 2.28. The molecule has 1 aliphatic heterocycles.